The molecular formula is C19H13Cl3O4. The predicted molar refractivity (Wildman–Crippen MR) is 103 cm³/mol. The van der Waals surface area contributed by atoms with Gasteiger partial charge in [0.2, 0.25) is 0 Å². The van der Waals surface area contributed by atoms with Crippen molar-refractivity contribution < 1.29 is 13.9 Å². The summed E-state index contributed by atoms with van der Waals surface area (Å²) in [7, 11) is 0. The zero-order chi connectivity index (χ0) is 19.0. The van der Waals surface area contributed by atoms with Gasteiger partial charge in [-0.05, 0) is 43.7 Å². The number of aryl methyl sites for hydroxylation is 1. The first-order valence-electron chi connectivity index (χ1n) is 7.62. The molecule has 2 aromatic carbocycles. The van der Waals surface area contributed by atoms with E-state index in [0.717, 1.165) is 10.9 Å². The highest BCUT2D eigenvalue weighted by Gasteiger charge is 2.14. The minimum Gasteiger partial charge on any atom is -0.484 e. The van der Waals surface area contributed by atoms with Crippen LogP contribution >= 0.6 is 34.8 Å². The number of carbonyl (C=O) groups is 1. The topological polar surface area (TPSA) is 56.5 Å². The van der Waals surface area contributed by atoms with Gasteiger partial charge >= 0.3 is 5.63 Å². The van der Waals surface area contributed by atoms with E-state index in [1.165, 1.54) is 12.1 Å². The van der Waals surface area contributed by atoms with Crippen molar-refractivity contribution in [1.82, 2.24) is 0 Å². The smallest absolute Gasteiger partial charge is 0.339 e. The van der Waals surface area contributed by atoms with E-state index < -0.39 is 5.63 Å². The van der Waals surface area contributed by atoms with Crippen molar-refractivity contribution in [2.24, 2.45) is 0 Å². The van der Waals surface area contributed by atoms with Crippen molar-refractivity contribution in [3.8, 4) is 5.75 Å². The van der Waals surface area contributed by atoms with Crippen LogP contribution in [0.3, 0.4) is 0 Å². The van der Waals surface area contributed by atoms with Crippen LogP contribution in [0, 0.1) is 13.8 Å². The summed E-state index contributed by atoms with van der Waals surface area (Å²) in [5.41, 5.74) is 1.61. The van der Waals surface area contributed by atoms with Gasteiger partial charge < -0.3 is 9.15 Å². The second kappa shape index (κ2) is 7.31. The molecule has 3 rings (SSSR count). The molecule has 0 aliphatic carbocycles. The summed E-state index contributed by atoms with van der Waals surface area (Å²) < 4.78 is 10.8. The number of hydrogen-bond acceptors (Lipinski definition) is 4. The first-order chi connectivity index (χ1) is 12.3. The Labute approximate surface area is 164 Å². The highest BCUT2D eigenvalue weighted by atomic mass is 35.5. The van der Waals surface area contributed by atoms with Crippen LogP contribution in [0.5, 0.6) is 5.75 Å². The molecule has 0 radical (unpaired) electrons. The molecule has 0 unspecified atom stereocenters. The van der Waals surface area contributed by atoms with Crippen LogP contribution in [0.25, 0.3) is 11.0 Å². The van der Waals surface area contributed by atoms with Crippen molar-refractivity contribution in [1.29, 1.82) is 0 Å². The molecule has 7 heteroatoms. The molecule has 134 valence electrons. The lowest BCUT2D eigenvalue weighted by Gasteiger charge is -2.10. The molecule has 4 nitrogen and oxygen atoms in total. The summed E-state index contributed by atoms with van der Waals surface area (Å²) in [6.45, 7) is 3.26. The van der Waals surface area contributed by atoms with Crippen LogP contribution in [0.4, 0.5) is 0 Å². The van der Waals surface area contributed by atoms with Crippen molar-refractivity contribution in [3.63, 3.8) is 0 Å². The fraction of sp³-hybridized carbons (Fsp3) is 0.158. The maximum absolute atomic E-state index is 12.3. The highest BCUT2D eigenvalue weighted by molar-refractivity contribution is 6.42. The molecule has 0 aliphatic heterocycles. The molecule has 3 aromatic rings. The van der Waals surface area contributed by atoms with Crippen LogP contribution in [-0.4, -0.2) is 12.4 Å². The van der Waals surface area contributed by atoms with Crippen molar-refractivity contribution in [2.45, 2.75) is 13.8 Å². The summed E-state index contributed by atoms with van der Waals surface area (Å²) >= 11 is 18.0. The molecule has 0 fully saturated rings. The average Bonchev–Trinajstić information content (AvgIpc) is 2.61. The Balaban J connectivity index is 1.88. The Kier molecular flexibility index (Phi) is 5.28. The number of ether oxygens (including phenoxy) is 1. The van der Waals surface area contributed by atoms with E-state index in [1.54, 1.807) is 25.1 Å². The quantitative estimate of drug-likeness (QED) is 0.412. The van der Waals surface area contributed by atoms with Crippen molar-refractivity contribution in [2.75, 3.05) is 6.61 Å². The molecule has 0 amide bonds. The largest absolute Gasteiger partial charge is 0.484 e. The fourth-order valence-corrected chi connectivity index (χ4v) is 2.97. The van der Waals surface area contributed by atoms with Gasteiger partial charge in [-0.1, -0.05) is 34.8 Å². The van der Waals surface area contributed by atoms with Gasteiger partial charge in [-0.15, -0.1) is 0 Å². The van der Waals surface area contributed by atoms with E-state index in [0.29, 0.717) is 26.8 Å². The standard InChI is InChI=1S/C19H13Cl3O4/c1-9-10(2)19(24)26-17-7-18(15(22)6-12(9)17)25-8-16(23)11-3-4-13(20)14(21)5-11/h3-7H,8H2,1-2H3. The number of ketones is 1. The molecule has 0 spiro atoms. The summed E-state index contributed by atoms with van der Waals surface area (Å²) in [6.07, 6.45) is 0. The third-order valence-corrected chi connectivity index (χ3v) is 5.14. The summed E-state index contributed by atoms with van der Waals surface area (Å²) in [6, 6.07) is 7.74. The average molecular weight is 412 g/mol. The molecule has 1 aromatic heterocycles. The third kappa shape index (κ3) is 3.58. The monoisotopic (exact) mass is 410 g/mol. The Hall–Kier alpha value is -2.01. The molecular weight excluding hydrogens is 399 g/mol. The van der Waals surface area contributed by atoms with Gasteiger partial charge in [0.05, 0.1) is 15.1 Å². The van der Waals surface area contributed by atoms with E-state index in [-0.39, 0.29) is 23.2 Å². The van der Waals surface area contributed by atoms with E-state index >= 15 is 0 Å². The summed E-state index contributed by atoms with van der Waals surface area (Å²) in [5.74, 6) is -0.0414. The van der Waals surface area contributed by atoms with Gasteiger partial charge in [0, 0.05) is 22.6 Å². The van der Waals surface area contributed by atoms with E-state index in [9.17, 15) is 9.59 Å². The van der Waals surface area contributed by atoms with Gasteiger partial charge in [0.1, 0.15) is 11.3 Å². The molecule has 0 bridgehead atoms. The normalized spacial score (nSPS) is 11.0. The minimum atomic E-state index is -0.421. The Morgan fingerprint density at radius 1 is 1.00 bits per heavy atom. The second-order valence-electron chi connectivity index (χ2n) is 5.76. The lowest BCUT2D eigenvalue weighted by atomic mass is 10.1. The lowest BCUT2D eigenvalue weighted by Crippen LogP contribution is -2.12. The molecule has 0 saturated heterocycles. The second-order valence-corrected chi connectivity index (χ2v) is 6.98. The summed E-state index contributed by atoms with van der Waals surface area (Å²) in [5, 5.41) is 1.68. The number of fused-ring (bicyclic) bond motifs is 1. The number of halogens is 3. The maximum atomic E-state index is 12.3. The summed E-state index contributed by atoms with van der Waals surface area (Å²) in [4.78, 5) is 24.1. The Bertz CT molecular complexity index is 1090. The van der Waals surface area contributed by atoms with Gasteiger partial charge in [-0.25, -0.2) is 4.79 Å². The molecule has 0 saturated carbocycles. The molecule has 0 N–H and O–H groups in total. The highest BCUT2D eigenvalue weighted by Crippen LogP contribution is 2.32. The van der Waals surface area contributed by atoms with E-state index in [2.05, 4.69) is 0 Å². The van der Waals surface area contributed by atoms with Crippen LogP contribution < -0.4 is 10.4 Å². The Morgan fingerprint density at radius 3 is 2.42 bits per heavy atom. The molecule has 0 atom stereocenters. The molecule has 0 aliphatic rings. The number of rotatable bonds is 4. The maximum Gasteiger partial charge on any atom is 0.339 e. The van der Waals surface area contributed by atoms with Crippen LogP contribution in [0.1, 0.15) is 21.5 Å². The number of carbonyl (C=O) groups excluding carboxylic acids is 1. The zero-order valence-electron chi connectivity index (χ0n) is 13.9. The van der Waals surface area contributed by atoms with Crippen molar-refractivity contribution >= 4 is 51.6 Å². The van der Waals surface area contributed by atoms with Crippen LogP contribution in [-0.2, 0) is 0 Å². The van der Waals surface area contributed by atoms with E-state index in [1.807, 2.05) is 6.92 Å². The minimum absolute atomic E-state index is 0.249. The zero-order valence-corrected chi connectivity index (χ0v) is 16.1. The lowest BCUT2D eigenvalue weighted by molar-refractivity contribution is 0.0921. The van der Waals surface area contributed by atoms with Crippen molar-refractivity contribution in [3.05, 3.63) is 72.5 Å². The first kappa shape index (κ1) is 18.8. The van der Waals surface area contributed by atoms with Gasteiger partial charge in [0.25, 0.3) is 0 Å². The van der Waals surface area contributed by atoms with Crippen LogP contribution in [0.2, 0.25) is 15.1 Å². The van der Waals surface area contributed by atoms with Gasteiger partial charge in [0.15, 0.2) is 12.4 Å². The SMILES string of the molecule is Cc1c(C)c2cc(Cl)c(OCC(=O)c3ccc(Cl)c(Cl)c3)cc2oc1=O. The van der Waals surface area contributed by atoms with Gasteiger partial charge in [-0.3, -0.25) is 4.79 Å². The number of Topliss-reactive ketones (excluding diaryl/α,β-unsaturated/α-hetero) is 1. The number of hydrogen-bond donors (Lipinski definition) is 0. The molecule has 26 heavy (non-hydrogen) atoms. The fourth-order valence-electron chi connectivity index (χ4n) is 2.45. The van der Waals surface area contributed by atoms with Crippen LogP contribution in [0.15, 0.2) is 39.5 Å². The Morgan fingerprint density at radius 2 is 1.73 bits per heavy atom. The number of benzene rings is 2. The van der Waals surface area contributed by atoms with E-state index in [4.69, 9.17) is 44.0 Å². The first-order valence-corrected chi connectivity index (χ1v) is 8.76. The van der Waals surface area contributed by atoms with Gasteiger partial charge in [-0.2, -0.15) is 0 Å². The predicted octanol–water partition coefficient (Wildman–Crippen LogP) is 5.63. The molecule has 1 heterocycles. The third-order valence-electron chi connectivity index (χ3n) is 4.11.